The molecule has 1 aromatic carbocycles. The molecular weight excluding hydrogens is 282 g/mol. The standard InChI is InChI=1S/C17H19NO4/c1-18-7-10-6-9-2-3-11(19)14-13(9)16(8-18)15(22-14)12(20)4-5-17(10,16)21/h2-3,10,15,19,21H,4-8H2,1H3/t10-,15+,16+,17?/m1/s1. The predicted octanol–water partition coefficient (Wildman–Crippen LogP) is 0.603. The topological polar surface area (TPSA) is 70.0 Å². The van der Waals surface area contributed by atoms with Gasteiger partial charge in [-0.3, -0.25) is 4.79 Å². The Hall–Kier alpha value is -1.59. The SMILES string of the molecule is CN1C[C@H]2Cc3ccc(O)c4c3[C@@]3(C1)[C@@H](O4)C(=O)CCC23O. The van der Waals surface area contributed by atoms with Crippen molar-refractivity contribution in [3.63, 3.8) is 0 Å². The summed E-state index contributed by atoms with van der Waals surface area (Å²) in [4.78, 5) is 14.7. The van der Waals surface area contributed by atoms with Gasteiger partial charge in [0.25, 0.3) is 0 Å². The maximum Gasteiger partial charge on any atom is 0.174 e. The predicted molar refractivity (Wildman–Crippen MR) is 78.1 cm³/mol. The van der Waals surface area contributed by atoms with E-state index in [4.69, 9.17) is 4.74 Å². The van der Waals surface area contributed by atoms with Gasteiger partial charge in [0.15, 0.2) is 23.4 Å². The number of Topliss-reactive ketones (excluding diaryl/α,β-unsaturated/α-hetero) is 1. The van der Waals surface area contributed by atoms with Gasteiger partial charge in [-0.1, -0.05) is 6.07 Å². The third kappa shape index (κ3) is 1.16. The van der Waals surface area contributed by atoms with E-state index in [0.29, 0.717) is 25.1 Å². The Labute approximate surface area is 128 Å². The fraction of sp³-hybridized carbons (Fsp3) is 0.588. The van der Waals surface area contributed by atoms with E-state index in [9.17, 15) is 15.0 Å². The van der Waals surface area contributed by atoms with E-state index >= 15 is 0 Å². The van der Waals surface area contributed by atoms with Crippen LogP contribution >= 0.6 is 0 Å². The van der Waals surface area contributed by atoms with Gasteiger partial charge in [-0.25, -0.2) is 0 Å². The lowest BCUT2D eigenvalue weighted by molar-refractivity contribution is -0.185. The molecule has 0 aromatic heterocycles. The summed E-state index contributed by atoms with van der Waals surface area (Å²) in [5, 5.41) is 21.8. The molecular formula is C17H19NO4. The Bertz CT molecular complexity index is 717. The summed E-state index contributed by atoms with van der Waals surface area (Å²) < 4.78 is 5.95. The summed E-state index contributed by atoms with van der Waals surface area (Å²) in [6.07, 6.45) is 0.959. The first-order valence-corrected chi connectivity index (χ1v) is 7.93. The minimum absolute atomic E-state index is 0.0437. The molecule has 1 aromatic rings. The van der Waals surface area contributed by atoms with Crippen LogP contribution in [0.3, 0.4) is 0 Å². The minimum Gasteiger partial charge on any atom is -0.504 e. The van der Waals surface area contributed by atoms with Gasteiger partial charge in [0, 0.05) is 31.0 Å². The zero-order chi connectivity index (χ0) is 15.3. The summed E-state index contributed by atoms with van der Waals surface area (Å²) in [6, 6.07) is 3.58. The van der Waals surface area contributed by atoms with Crippen molar-refractivity contribution in [2.45, 2.75) is 36.4 Å². The van der Waals surface area contributed by atoms with Crippen LogP contribution in [0, 0.1) is 5.92 Å². The van der Waals surface area contributed by atoms with Crippen molar-refractivity contribution >= 4 is 5.78 Å². The molecule has 5 nitrogen and oxygen atoms in total. The summed E-state index contributed by atoms with van der Waals surface area (Å²) in [5.74, 6) is 0.643. The smallest absolute Gasteiger partial charge is 0.174 e. The maximum absolute atomic E-state index is 12.5. The quantitative estimate of drug-likeness (QED) is 0.734. The van der Waals surface area contributed by atoms with Gasteiger partial charge in [0.05, 0.1) is 11.0 Å². The number of aliphatic hydroxyl groups is 1. The third-order valence-electron chi connectivity index (χ3n) is 6.36. The molecule has 4 aliphatic rings. The lowest BCUT2D eigenvalue weighted by Crippen LogP contribution is -2.75. The van der Waals surface area contributed by atoms with Crippen LogP contribution in [0.1, 0.15) is 24.0 Å². The number of benzene rings is 1. The monoisotopic (exact) mass is 301 g/mol. The Morgan fingerprint density at radius 2 is 2.23 bits per heavy atom. The first-order valence-electron chi connectivity index (χ1n) is 7.93. The van der Waals surface area contributed by atoms with E-state index < -0.39 is 17.1 Å². The highest BCUT2D eigenvalue weighted by Gasteiger charge is 2.72. The number of ketones is 1. The first kappa shape index (κ1) is 12.9. The lowest BCUT2D eigenvalue weighted by atomic mass is 9.48. The summed E-state index contributed by atoms with van der Waals surface area (Å²) in [7, 11) is 2.03. The number of hydrogen-bond acceptors (Lipinski definition) is 5. The number of likely N-dealkylation sites (N-methyl/N-ethyl adjacent to an activating group) is 1. The molecule has 2 aliphatic carbocycles. The van der Waals surface area contributed by atoms with Crippen molar-refractivity contribution in [3.05, 3.63) is 23.3 Å². The van der Waals surface area contributed by atoms with Crippen molar-refractivity contribution in [2.75, 3.05) is 20.1 Å². The van der Waals surface area contributed by atoms with Gasteiger partial charge in [-0.2, -0.15) is 0 Å². The lowest BCUT2D eigenvalue weighted by Gasteiger charge is -2.61. The molecule has 2 N–H and O–H groups in total. The number of nitrogens with zero attached hydrogens (tertiary/aromatic N) is 1. The molecule has 5 heteroatoms. The molecule has 0 amide bonds. The van der Waals surface area contributed by atoms with Crippen molar-refractivity contribution in [2.24, 2.45) is 5.92 Å². The van der Waals surface area contributed by atoms with Crippen LogP contribution in [0.5, 0.6) is 11.5 Å². The van der Waals surface area contributed by atoms with Crippen LogP contribution in [0.15, 0.2) is 12.1 Å². The van der Waals surface area contributed by atoms with Gasteiger partial charge in [0.2, 0.25) is 0 Å². The summed E-state index contributed by atoms with van der Waals surface area (Å²) in [6.45, 7) is 1.43. The van der Waals surface area contributed by atoms with Gasteiger partial charge in [-0.15, -0.1) is 0 Å². The zero-order valence-electron chi connectivity index (χ0n) is 12.5. The van der Waals surface area contributed by atoms with Crippen molar-refractivity contribution in [1.29, 1.82) is 0 Å². The van der Waals surface area contributed by atoms with Gasteiger partial charge in [-0.05, 0) is 31.5 Å². The van der Waals surface area contributed by atoms with Crippen LogP contribution in [-0.2, 0) is 16.6 Å². The Kier molecular flexibility index (Phi) is 2.15. The van der Waals surface area contributed by atoms with E-state index in [1.54, 1.807) is 6.07 Å². The molecule has 1 spiro atoms. The average molecular weight is 301 g/mol. The highest BCUT2D eigenvalue weighted by Crippen LogP contribution is 2.64. The maximum atomic E-state index is 12.5. The van der Waals surface area contributed by atoms with E-state index in [-0.39, 0.29) is 17.5 Å². The molecule has 5 rings (SSSR count). The van der Waals surface area contributed by atoms with E-state index in [1.807, 2.05) is 13.1 Å². The normalized spacial score (nSPS) is 42.0. The van der Waals surface area contributed by atoms with E-state index in [0.717, 1.165) is 24.1 Å². The molecule has 2 bridgehead atoms. The molecule has 2 fully saturated rings. The molecule has 116 valence electrons. The van der Waals surface area contributed by atoms with E-state index in [1.165, 1.54) is 0 Å². The number of aromatic hydroxyl groups is 1. The van der Waals surface area contributed by atoms with Crippen LogP contribution in [0.4, 0.5) is 0 Å². The van der Waals surface area contributed by atoms with Gasteiger partial charge >= 0.3 is 0 Å². The zero-order valence-corrected chi connectivity index (χ0v) is 12.5. The van der Waals surface area contributed by atoms with Crippen LogP contribution in [-0.4, -0.2) is 52.7 Å². The Balaban J connectivity index is 1.88. The second-order valence-electron chi connectivity index (χ2n) is 7.41. The second-order valence-corrected chi connectivity index (χ2v) is 7.41. The number of phenolic OH excluding ortho intramolecular Hbond substituents is 1. The number of hydrogen-bond donors (Lipinski definition) is 2. The van der Waals surface area contributed by atoms with Gasteiger partial charge < -0.3 is 19.8 Å². The van der Waals surface area contributed by atoms with E-state index in [2.05, 4.69) is 4.90 Å². The highest BCUT2D eigenvalue weighted by atomic mass is 16.5. The molecule has 22 heavy (non-hydrogen) atoms. The van der Waals surface area contributed by atoms with Crippen LogP contribution < -0.4 is 4.74 Å². The Morgan fingerprint density at radius 1 is 1.41 bits per heavy atom. The summed E-state index contributed by atoms with van der Waals surface area (Å²) in [5.41, 5.74) is 0.370. The molecule has 4 atom stereocenters. The number of likely N-dealkylation sites (tertiary alicyclic amines) is 1. The molecule has 2 heterocycles. The average Bonchev–Trinajstić information content (AvgIpc) is 2.81. The summed E-state index contributed by atoms with van der Waals surface area (Å²) >= 11 is 0. The van der Waals surface area contributed by atoms with Crippen molar-refractivity contribution < 1.29 is 19.7 Å². The number of ether oxygens (including phenoxy) is 1. The molecule has 2 aliphatic heterocycles. The Morgan fingerprint density at radius 3 is 3.05 bits per heavy atom. The molecule has 0 radical (unpaired) electrons. The van der Waals surface area contributed by atoms with Crippen LogP contribution in [0.25, 0.3) is 0 Å². The first-order chi connectivity index (χ1) is 10.5. The number of carbonyl (C=O) groups excluding carboxylic acids is 1. The molecule has 1 saturated heterocycles. The number of carbonyl (C=O) groups is 1. The number of phenols is 1. The van der Waals surface area contributed by atoms with Gasteiger partial charge in [0.1, 0.15) is 0 Å². The van der Waals surface area contributed by atoms with Crippen molar-refractivity contribution in [3.8, 4) is 11.5 Å². The molecule has 1 saturated carbocycles. The van der Waals surface area contributed by atoms with Crippen molar-refractivity contribution in [1.82, 2.24) is 4.90 Å². The largest absolute Gasteiger partial charge is 0.504 e. The number of piperidine rings is 1. The second kappa shape index (κ2) is 3.66. The third-order valence-corrected chi connectivity index (χ3v) is 6.36. The highest BCUT2D eigenvalue weighted by molar-refractivity contribution is 5.90. The molecule has 1 unspecified atom stereocenters. The fourth-order valence-corrected chi connectivity index (χ4v) is 5.58. The number of rotatable bonds is 0. The van der Waals surface area contributed by atoms with Crippen LogP contribution in [0.2, 0.25) is 0 Å². The minimum atomic E-state index is -0.913. The fourth-order valence-electron chi connectivity index (χ4n) is 5.58.